The lowest BCUT2D eigenvalue weighted by Crippen LogP contribution is -2.45. The van der Waals surface area contributed by atoms with Crippen LogP contribution >= 0.6 is 0 Å². The number of aliphatic carboxylic acids is 1. The molecule has 5 nitrogen and oxygen atoms in total. The van der Waals surface area contributed by atoms with Crippen molar-refractivity contribution in [3.63, 3.8) is 0 Å². The molecule has 2 amide bonds. The quantitative estimate of drug-likeness (QED) is 0.862. The molecule has 1 atom stereocenters. The predicted octanol–water partition coefficient (Wildman–Crippen LogP) is 2.56. The predicted molar refractivity (Wildman–Crippen MR) is 76.6 cm³/mol. The second kappa shape index (κ2) is 6.95. The van der Waals surface area contributed by atoms with Crippen LogP contribution in [0.15, 0.2) is 0 Å². The van der Waals surface area contributed by atoms with Crippen LogP contribution in [-0.2, 0) is 4.79 Å². The standard InChI is InChI=1S/C15H26N2O3/c1-16(13-5-3-2-4-6-13)15(20)17-10-9-12(11-17)7-8-14(18)19/h12-13H,2-11H2,1H3,(H,18,19). The van der Waals surface area contributed by atoms with Gasteiger partial charge in [0.25, 0.3) is 0 Å². The smallest absolute Gasteiger partial charge is 0.319 e. The number of carbonyl (C=O) groups is 2. The Morgan fingerprint density at radius 2 is 1.90 bits per heavy atom. The minimum absolute atomic E-state index is 0.134. The van der Waals surface area contributed by atoms with Gasteiger partial charge in [-0.3, -0.25) is 4.79 Å². The summed E-state index contributed by atoms with van der Waals surface area (Å²) in [7, 11) is 1.92. The Kier molecular flexibility index (Phi) is 5.26. The van der Waals surface area contributed by atoms with Crippen molar-refractivity contribution >= 4 is 12.0 Å². The first-order valence-electron chi connectivity index (χ1n) is 7.81. The van der Waals surface area contributed by atoms with E-state index in [0.717, 1.165) is 32.4 Å². The third kappa shape index (κ3) is 3.87. The molecular weight excluding hydrogens is 256 g/mol. The number of nitrogens with zero attached hydrogens (tertiary/aromatic N) is 2. The fourth-order valence-electron chi connectivity index (χ4n) is 3.42. The molecule has 0 aromatic carbocycles. The van der Waals surface area contributed by atoms with Crippen molar-refractivity contribution in [3.8, 4) is 0 Å². The van der Waals surface area contributed by atoms with E-state index in [-0.39, 0.29) is 12.5 Å². The first-order chi connectivity index (χ1) is 9.58. The average Bonchev–Trinajstić information content (AvgIpc) is 2.93. The molecule has 2 aliphatic rings. The fourth-order valence-corrected chi connectivity index (χ4v) is 3.42. The van der Waals surface area contributed by atoms with E-state index in [4.69, 9.17) is 5.11 Å². The van der Waals surface area contributed by atoms with Gasteiger partial charge in [0.2, 0.25) is 0 Å². The number of urea groups is 1. The van der Waals surface area contributed by atoms with E-state index in [0.29, 0.717) is 18.4 Å². The average molecular weight is 282 g/mol. The first kappa shape index (κ1) is 15.1. The summed E-state index contributed by atoms with van der Waals surface area (Å²) < 4.78 is 0. The number of carbonyl (C=O) groups excluding carboxylic acids is 1. The van der Waals surface area contributed by atoms with Gasteiger partial charge in [0.1, 0.15) is 0 Å². The summed E-state index contributed by atoms with van der Waals surface area (Å²) in [6.07, 6.45) is 7.83. The second-order valence-corrected chi connectivity index (χ2v) is 6.22. The number of carboxylic acid groups (broad SMARTS) is 1. The summed E-state index contributed by atoms with van der Waals surface area (Å²) in [5.41, 5.74) is 0. The molecule has 1 unspecified atom stereocenters. The van der Waals surface area contributed by atoms with E-state index in [1.54, 1.807) is 0 Å². The van der Waals surface area contributed by atoms with E-state index >= 15 is 0 Å². The molecule has 2 fully saturated rings. The Morgan fingerprint density at radius 1 is 1.20 bits per heavy atom. The second-order valence-electron chi connectivity index (χ2n) is 6.22. The van der Waals surface area contributed by atoms with Gasteiger partial charge in [-0.15, -0.1) is 0 Å². The third-order valence-electron chi connectivity index (χ3n) is 4.75. The fraction of sp³-hybridized carbons (Fsp3) is 0.867. The molecule has 5 heteroatoms. The van der Waals surface area contributed by atoms with Crippen LogP contribution in [0, 0.1) is 5.92 Å². The van der Waals surface area contributed by atoms with Gasteiger partial charge in [-0.2, -0.15) is 0 Å². The normalized spacial score (nSPS) is 23.9. The van der Waals surface area contributed by atoms with Crippen molar-refractivity contribution < 1.29 is 14.7 Å². The summed E-state index contributed by atoms with van der Waals surface area (Å²) in [6.45, 7) is 1.50. The van der Waals surface area contributed by atoms with Crippen LogP contribution in [0.25, 0.3) is 0 Å². The lowest BCUT2D eigenvalue weighted by Gasteiger charge is -2.34. The monoisotopic (exact) mass is 282 g/mol. The summed E-state index contributed by atoms with van der Waals surface area (Å²) in [4.78, 5) is 26.9. The lowest BCUT2D eigenvalue weighted by atomic mass is 9.95. The molecule has 0 aromatic heterocycles. The van der Waals surface area contributed by atoms with Crippen LogP contribution in [0.2, 0.25) is 0 Å². The Balaban J connectivity index is 1.79. The van der Waals surface area contributed by atoms with Crippen LogP contribution < -0.4 is 0 Å². The maximum Gasteiger partial charge on any atom is 0.319 e. The largest absolute Gasteiger partial charge is 0.481 e. The highest BCUT2D eigenvalue weighted by molar-refractivity contribution is 5.74. The van der Waals surface area contributed by atoms with Crippen LogP contribution in [0.5, 0.6) is 0 Å². The van der Waals surface area contributed by atoms with Crippen LogP contribution in [0.4, 0.5) is 4.79 Å². The molecule has 20 heavy (non-hydrogen) atoms. The van der Waals surface area contributed by atoms with E-state index in [9.17, 15) is 9.59 Å². The highest BCUT2D eigenvalue weighted by atomic mass is 16.4. The van der Waals surface area contributed by atoms with Gasteiger partial charge in [-0.1, -0.05) is 19.3 Å². The molecule has 1 N–H and O–H groups in total. The first-order valence-corrected chi connectivity index (χ1v) is 7.81. The number of carboxylic acids is 1. The molecule has 0 aromatic rings. The third-order valence-corrected chi connectivity index (χ3v) is 4.75. The van der Waals surface area contributed by atoms with Crippen LogP contribution in [-0.4, -0.2) is 53.1 Å². The zero-order valence-electron chi connectivity index (χ0n) is 12.4. The van der Waals surface area contributed by atoms with Crippen LogP contribution in [0.3, 0.4) is 0 Å². The molecule has 0 radical (unpaired) electrons. The Hall–Kier alpha value is -1.26. The van der Waals surface area contributed by atoms with Gasteiger partial charge in [-0.25, -0.2) is 4.79 Å². The Labute approximate surface area is 120 Å². The maximum absolute atomic E-state index is 12.5. The number of rotatable bonds is 4. The van der Waals surface area contributed by atoms with E-state index in [1.165, 1.54) is 19.3 Å². The molecule has 1 aliphatic carbocycles. The van der Waals surface area contributed by atoms with Crippen molar-refractivity contribution in [1.82, 2.24) is 9.80 Å². The summed E-state index contributed by atoms with van der Waals surface area (Å²) in [5.74, 6) is -0.385. The lowest BCUT2D eigenvalue weighted by molar-refractivity contribution is -0.137. The highest BCUT2D eigenvalue weighted by Crippen LogP contribution is 2.25. The number of likely N-dealkylation sites (tertiary alicyclic amines) is 1. The van der Waals surface area contributed by atoms with Gasteiger partial charge in [-0.05, 0) is 31.6 Å². The molecule has 1 aliphatic heterocycles. The Bertz CT molecular complexity index is 353. The topological polar surface area (TPSA) is 60.9 Å². The van der Waals surface area contributed by atoms with Crippen molar-refractivity contribution in [1.29, 1.82) is 0 Å². The van der Waals surface area contributed by atoms with E-state index in [2.05, 4.69) is 0 Å². The number of hydrogen-bond acceptors (Lipinski definition) is 2. The summed E-state index contributed by atoms with van der Waals surface area (Å²) in [5, 5.41) is 8.72. The van der Waals surface area contributed by atoms with Gasteiger partial charge >= 0.3 is 12.0 Å². The zero-order valence-corrected chi connectivity index (χ0v) is 12.4. The number of hydrogen-bond donors (Lipinski definition) is 1. The van der Waals surface area contributed by atoms with Gasteiger partial charge in [0.15, 0.2) is 0 Å². The van der Waals surface area contributed by atoms with Gasteiger partial charge in [0.05, 0.1) is 0 Å². The van der Waals surface area contributed by atoms with Crippen LogP contribution in [0.1, 0.15) is 51.4 Å². The molecule has 0 spiro atoms. The maximum atomic E-state index is 12.5. The molecule has 1 saturated carbocycles. The van der Waals surface area contributed by atoms with Crippen molar-refractivity contribution in [2.45, 2.75) is 57.4 Å². The van der Waals surface area contributed by atoms with Crippen molar-refractivity contribution in [2.24, 2.45) is 5.92 Å². The molecule has 1 heterocycles. The Morgan fingerprint density at radius 3 is 2.55 bits per heavy atom. The highest BCUT2D eigenvalue weighted by Gasteiger charge is 2.31. The molecule has 2 rings (SSSR count). The van der Waals surface area contributed by atoms with Gasteiger partial charge < -0.3 is 14.9 Å². The van der Waals surface area contributed by atoms with E-state index in [1.807, 2.05) is 16.8 Å². The number of amides is 2. The molecule has 1 saturated heterocycles. The zero-order chi connectivity index (χ0) is 14.5. The minimum Gasteiger partial charge on any atom is -0.481 e. The SMILES string of the molecule is CN(C(=O)N1CCC(CCC(=O)O)C1)C1CCCCC1. The summed E-state index contributed by atoms with van der Waals surface area (Å²) in [6, 6.07) is 0.532. The van der Waals surface area contributed by atoms with Crippen molar-refractivity contribution in [2.75, 3.05) is 20.1 Å². The minimum atomic E-state index is -0.742. The molecule has 0 bridgehead atoms. The molecule has 114 valence electrons. The van der Waals surface area contributed by atoms with Crippen molar-refractivity contribution in [3.05, 3.63) is 0 Å². The van der Waals surface area contributed by atoms with E-state index < -0.39 is 5.97 Å². The summed E-state index contributed by atoms with van der Waals surface area (Å²) >= 11 is 0. The molecular formula is C15H26N2O3. The van der Waals surface area contributed by atoms with Gasteiger partial charge in [0, 0.05) is 32.6 Å².